The topological polar surface area (TPSA) is 36.9 Å². The Balaban J connectivity index is 1.70. The van der Waals surface area contributed by atoms with Crippen LogP contribution in [0.5, 0.6) is 23.0 Å². The van der Waals surface area contributed by atoms with E-state index in [-0.39, 0.29) is 12.9 Å². The Morgan fingerprint density at radius 3 is 2.58 bits per heavy atom. The van der Waals surface area contributed by atoms with Crippen LogP contribution < -0.4 is 18.9 Å². The summed E-state index contributed by atoms with van der Waals surface area (Å²) in [4.78, 5) is 0. The normalized spacial score (nSPS) is 19.3. The molecule has 0 aliphatic carbocycles. The standard InChI is InChI=1S/C15H12O4/c1-2-6-12-11(5-1)16-8-14(19-12)10-4-3-7-13-15(10)18-9-17-13/h1-7,14H,8-9H2. The average Bonchev–Trinajstić information content (AvgIpc) is 2.95. The van der Waals surface area contributed by atoms with Crippen molar-refractivity contribution in [1.82, 2.24) is 0 Å². The molecule has 1 unspecified atom stereocenters. The Bertz CT molecular complexity index is 623. The second-order valence-corrected chi connectivity index (χ2v) is 4.45. The van der Waals surface area contributed by atoms with Crippen molar-refractivity contribution in [3.8, 4) is 23.0 Å². The van der Waals surface area contributed by atoms with E-state index < -0.39 is 0 Å². The SMILES string of the molecule is c1ccc2c(c1)OCC(c1cccc3c1OCO3)O2. The predicted octanol–water partition coefficient (Wildman–Crippen LogP) is 2.93. The molecule has 0 saturated heterocycles. The zero-order valence-electron chi connectivity index (χ0n) is 10.2. The molecule has 0 spiro atoms. The van der Waals surface area contributed by atoms with Gasteiger partial charge in [-0.05, 0) is 18.2 Å². The van der Waals surface area contributed by atoms with E-state index >= 15 is 0 Å². The minimum atomic E-state index is -0.174. The van der Waals surface area contributed by atoms with Crippen molar-refractivity contribution < 1.29 is 18.9 Å². The van der Waals surface area contributed by atoms with Gasteiger partial charge in [0, 0.05) is 5.56 Å². The lowest BCUT2D eigenvalue weighted by atomic mass is 10.1. The van der Waals surface area contributed by atoms with Gasteiger partial charge in [0.1, 0.15) is 6.61 Å². The van der Waals surface area contributed by atoms with Gasteiger partial charge in [0.15, 0.2) is 29.1 Å². The zero-order valence-corrected chi connectivity index (χ0v) is 10.2. The highest BCUT2D eigenvalue weighted by atomic mass is 16.7. The summed E-state index contributed by atoms with van der Waals surface area (Å²) >= 11 is 0. The molecular formula is C15H12O4. The van der Waals surface area contributed by atoms with E-state index in [2.05, 4.69) is 0 Å². The lowest BCUT2D eigenvalue weighted by Gasteiger charge is -2.27. The lowest BCUT2D eigenvalue weighted by Crippen LogP contribution is -2.21. The average molecular weight is 256 g/mol. The van der Waals surface area contributed by atoms with Gasteiger partial charge in [-0.3, -0.25) is 0 Å². The van der Waals surface area contributed by atoms with Crippen LogP contribution >= 0.6 is 0 Å². The number of hydrogen-bond donors (Lipinski definition) is 0. The van der Waals surface area contributed by atoms with Crippen LogP contribution in [-0.2, 0) is 0 Å². The number of fused-ring (bicyclic) bond motifs is 2. The predicted molar refractivity (Wildman–Crippen MR) is 67.9 cm³/mol. The first-order valence-electron chi connectivity index (χ1n) is 6.19. The molecule has 4 rings (SSSR count). The van der Waals surface area contributed by atoms with Crippen LogP contribution in [0.3, 0.4) is 0 Å². The number of rotatable bonds is 1. The molecule has 0 aromatic heterocycles. The van der Waals surface area contributed by atoms with Gasteiger partial charge in [-0.25, -0.2) is 0 Å². The maximum Gasteiger partial charge on any atom is 0.231 e. The van der Waals surface area contributed by atoms with Gasteiger partial charge in [-0.15, -0.1) is 0 Å². The molecule has 4 nitrogen and oxygen atoms in total. The summed E-state index contributed by atoms with van der Waals surface area (Å²) in [6.07, 6.45) is -0.174. The summed E-state index contributed by atoms with van der Waals surface area (Å²) in [7, 11) is 0. The Labute approximate surface area is 110 Å². The molecule has 0 N–H and O–H groups in total. The fourth-order valence-corrected chi connectivity index (χ4v) is 2.38. The molecule has 1 atom stereocenters. The van der Waals surface area contributed by atoms with Crippen molar-refractivity contribution in [2.75, 3.05) is 13.4 Å². The first-order valence-corrected chi connectivity index (χ1v) is 6.19. The van der Waals surface area contributed by atoms with Gasteiger partial charge < -0.3 is 18.9 Å². The minimum Gasteiger partial charge on any atom is -0.485 e. The Morgan fingerprint density at radius 1 is 0.789 bits per heavy atom. The van der Waals surface area contributed by atoms with Crippen molar-refractivity contribution in [1.29, 1.82) is 0 Å². The smallest absolute Gasteiger partial charge is 0.231 e. The first-order chi connectivity index (χ1) is 9.42. The van der Waals surface area contributed by atoms with E-state index in [4.69, 9.17) is 18.9 Å². The maximum absolute atomic E-state index is 5.98. The van der Waals surface area contributed by atoms with Crippen LogP contribution in [0.2, 0.25) is 0 Å². The molecule has 0 bridgehead atoms. The summed E-state index contributed by atoms with van der Waals surface area (Å²) in [6.45, 7) is 0.730. The molecule has 0 amide bonds. The highest BCUT2D eigenvalue weighted by Crippen LogP contribution is 2.43. The third-order valence-corrected chi connectivity index (χ3v) is 3.28. The first kappa shape index (κ1) is 10.6. The third kappa shape index (κ3) is 1.68. The van der Waals surface area contributed by atoms with Crippen LogP contribution in [0.25, 0.3) is 0 Å². The summed E-state index contributed by atoms with van der Waals surface area (Å²) in [5.74, 6) is 3.06. The van der Waals surface area contributed by atoms with Crippen LogP contribution in [0, 0.1) is 0 Å². The van der Waals surface area contributed by atoms with Gasteiger partial charge in [0.2, 0.25) is 6.79 Å². The number of benzene rings is 2. The lowest BCUT2D eigenvalue weighted by molar-refractivity contribution is 0.0882. The zero-order chi connectivity index (χ0) is 12.7. The highest BCUT2D eigenvalue weighted by molar-refractivity contribution is 5.50. The van der Waals surface area contributed by atoms with Crippen LogP contribution in [0.4, 0.5) is 0 Å². The Hall–Kier alpha value is -2.36. The molecule has 19 heavy (non-hydrogen) atoms. The van der Waals surface area contributed by atoms with Crippen molar-refractivity contribution in [3.05, 3.63) is 48.0 Å². The molecule has 2 aliphatic heterocycles. The van der Waals surface area contributed by atoms with Crippen LogP contribution in [0.15, 0.2) is 42.5 Å². The fourth-order valence-electron chi connectivity index (χ4n) is 2.38. The molecule has 2 aliphatic rings. The Morgan fingerprint density at radius 2 is 1.63 bits per heavy atom. The largest absolute Gasteiger partial charge is 0.485 e. The van der Waals surface area contributed by atoms with Gasteiger partial charge in [-0.2, -0.15) is 0 Å². The van der Waals surface area contributed by atoms with E-state index in [1.54, 1.807) is 0 Å². The van der Waals surface area contributed by atoms with Gasteiger partial charge in [-0.1, -0.05) is 24.3 Å². The summed E-state index contributed by atoms with van der Waals surface area (Å²) in [5.41, 5.74) is 0.963. The molecule has 4 heteroatoms. The summed E-state index contributed by atoms with van der Waals surface area (Å²) in [5, 5.41) is 0. The molecule has 2 heterocycles. The summed E-state index contributed by atoms with van der Waals surface area (Å²) < 4.78 is 22.6. The van der Waals surface area contributed by atoms with E-state index in [9.17, 15) is 0 Å². The van der Waals surface area contributed by atoms with E-state index in [1.807, 2.05) is 42.5 Å². The number of ether oxygens (including phenoxy) is 4. The molecule has 0 fully saturated rings. The van der Waals surface area contributed by atoms with Crippen molar-refractivity contribution in [2.45, 2.75) is 6.10 Å². The molecule has 2 aromatic rings. The van der Waals surface area contributed by atoms with Gasteiger partial charge in [0.05, 0.1) is 0 Å². The van der Waals surface area contributed by atoms with Crippen molar-refractivity contribution >= 4 is 0 Å². The van der Waals surface area contributed by atoms with Crippen LogP contribution in [0.1, 0.15) is 11.7 Å². The second kappa shape index (κ2) is 4.09. The molecule has 0 radical (unpaired) electrons. The number of hydrogen-bond acceptors (Lipinski definition) is 4. The molecule has 0 saturated carbocycles. The number of para-hydroxylation sites is 3. The molecule has 2 aromatic carbocycles. The minimum absolute atomic E-state index is 0.174. The molecular weight excluding hydrogens is 244 g/mol. The summed E-state index contributed by atoms with van der Waals surface area (Å²) in [6, 6.07) is 13.5. The van der Waals surface area contributed by atoms with Crippen molar-refractivity contribution in [2.24, 2.45) is 0 Å². The van der Waals surface area contributed by atoms with E-state index in [0.717, 1.165) is 28.6 Å². The third-order valence-electron chi connectivity index (χ3n) is 3.28. The van der Waals surface area contributed by atoms with Gasteiger partial charge >= 0.3 is 0 Å². The van der Waals surface area contributed by atoms with Gasteiger partial charge in [0.25, 0.3) is 0 Å². The molecule has 96 valence electrons. The van der Waals surface area contributed by atoms with Crippen LogP contribution in [-0.4, -0.2) is 13.4 Å². The maximum atomic E-state index is 5.98. The Kier molecular flexibility index (Phi) is 2.27. The van der Waals surface area contributed by atoms with Crippen molar-refractivity contribution in [3.63, 3.8) is 0 Å². The second-order valence-electron chi connectivity index (χ2n) is 4.45. The highest BCUT2D eigenvalue weighted by Gasteiger charge is 2.28. The van der Waals surface area contributed by atoms with E-state index in [0.29, 0.717) is 6.61 Å². The fraction of sp³-hybridized carbons (Fsp3) is 0.200. The quantitative estimate of drug-likeness (QED) is 0.786. The van der Waals surface area contributed by atoms with E-state index in [1.165, 1.54) is 0 Å². The monoisotopic (exact) mass is 256 g/mol.